The molecule has 0 fully saturated rings. The number of H-pyrrole nitrogens is 1. The number of aliphatic hydroxyl groups excluding tert-OH is 1. The van der Waals surface area contributed by atoms with Gasteiger partial charge in [0, 0.05) is 31.8 Å². The number of amides is 3. The summed E-state index contributed by atoms with van der Waals surface area (Å²) in [5, 5.41) is 18.2. The highest BCUT2D eigenvalue weighted by Crippen LogP contribution is 2.24. The molecule has 1 heterocycles. The fraction of sp³-hybridized carbons (Fsp3) is 0.500. The summed E-state index contributed by atoms with van der Waals surface area (Å²) >= 11 is 0. The third kappa shape index (κ3) is 12.4. The van der Waals surface area contributed by atoms with E-state index >= 15 is 0 Å². The molecular formula is C38H51N5O10. The lowest BCUT2D eigenvalue weighted by Crippen LogP contribution is -2.56. The number of methoxy groups -OCH3 is 2. The number of aromatic nitrogens is 2. The summed E-state index contributed by atoms with van der Waals surface area (Å²) in [5.41, 5.74) is 1.27. The smallest absolute Gasteiger partial charge is 0.337 e. The van der Waals surface area contributed by atoms with E-state index in [-0.39, 0.29) is 25.2 Å². The average Bonchev–Trinajstić information content (AvgIpc) is 3.64. The van der Waals surface area contributed by atoms with Gasteiger partial charge in [-0.15, -0.1) is 0 Å². The van der Waals surface area contributed by atoms with Crippen molar-refractivity contribution < 1.29 is 48.1 Å². The van der Waals surface area contributed by atoms with Gasteiger partial charge in [0.2, 0.25) is 17.7 Å². The minimum atomic E-state index is -1.67. The van der Waals surface area contributed by atoms with Crippen LogP contribution in [0.25, 0.3) is 10.8 Å². The van der Waals surface area contributed by atoms with E-state index in [0.29, 0.717) is 5.69 Å². The molecule has 5 atom stereocenters. The van der Waals surface area contributed by atoms with Crippen LogP contribution in [0.1, 0.15) is 58.2 Å². The summed E-state index contributed by atoms with van der Waals surface area (Å²) in [5.74, 6) is -5.55. The second kappa shape index (κ2) is 20.1. The number of carbonyl (C=O) groups excluding carboxylic acids is 6. The average molecular weight is 738 g/mol. The fourth-order valence-corrected chi connectivity index (χ4v) is 5.92. The molecule has 288 valence electrons. The normalized spacial score (nSPS) is 14.1. The Morgan fingerprint density at radius 3 is 2.19 bits per heavy atom. The molecule has 0 aliphatic heterocycles. The number of hydrogen-bond acceptors (Lipinski definition) is 11. The number of esters is 3. The van der Waals surface area contributed by atoms with Gasteiger partial charge in [0.15, 0.2) is 6.10 Å². The minimum Gasteiger partial charge on any atom is -0.469 e. The maximum Gasteiger partial charge on any atom is 0.337 e. The number of imidazole rings is 1. The van der Waals surface area contributed by atoms with Crippen LogP contribution in [0.3, 0.4) is 0 Å². The Bertz CT molecular complexity index is 1700. The molecule has 0 saturated carbocycles. The van der Waals surface area contributed by atoms with Gasteiger partial charge in [-0.05, 0) is 48.9 Å². The zero-order valence-electron chi connectivity index (χ0n) is 31.3. The Balaban J connectivity index is 1.98. The van der Waals surface area contributed by atoms with Crippen molar-refractivity contribution in [2.45, 2.75) is 90.1 Å². The lowest BCUT2D eigenvalue weighted by Gasteiger charge is -2.29. The summed E-state index contributed by atoms with van der Waals surface area (Å²) in [4.78, 5) is 87.5. The van der Waals surface area contributed by atoms with Crippen LogP contribution in [0.2, 0.25) is 0 Å². The van der Waals surface area contributed by atoms with Crippen molar-refractivity contribution >= 4 is 46.4 Å². The molecule has 0 aliphatic carbocycles. The van der Waals surface area contributed by atoms with E-state index < -0.39 is 84.7 Å². The van der Waals surface area contributed by atoms with Crippen molar-refractivity contribution in [3.05, 3.63) is 66.2 Å². The highest BCUT2D eigenvalue weighted by atomic mass is 16.6. The second-order valence-corrected chi connectivity index (χ2v) is 13.6. The number of rotatable bonds is 19. The maximum atomic E-state index is 14.3. The molecule has 2 aromatic carbocycles. The van der Waals surface area contributed by atoms with Crippen molar-refractivity contribution in [1.29, 1.82) is 0 Å². The molecule has 0 radical (unpaired) electrons. The first-order valence-electron chi connectivity index (χ1n) is 17.5. The highest BCUT2D eigenvalue weighted by molar-refractivity contribution is 5.94. The molecule has 0 spiro atoms. The quantitative estimate of drug-likeness (QED) is 0.104. The van der Waals surface area contributed by atoms with E-state index in [1.165, 1.54) is 19.6 Å². The molecule has 15 heteroatoms. The Kier molecular flexibility index (Phi) is 15.9. The van der Waals surface area contributed by atoms with Gasteiger partial charge in [-0.1, -0.05) is 56.3 Å². The van der Waals surface area contributed by atoms with Gasteiger partial charge in [-0.2, -0.15) is 0 Å². The fourth-order valence-electron chi connectivity index (χ4n) is 5.92. The number of aliphatic hydroxyl groups is 1. The van der Waals surface area contributed by atoms with Crippen molar-refractivity contribution in [1.82, 2.24) is 25.5 Å². The third-order valence-electron chi connectivity index (χ3n) is 8.70. The van der Waals surface area contributed by atoms with Gasteiger partial charge in [0.05, 0.1) is 45.0 Å². The summed E-state index contributed by atoms with van der Waals surface area (Å²) in [6, 6.07) is 9.57. The van der Waals surface area contributed by atoms with Gasteiger partial charge in [-0.25, -0.2) is 14.6 Å². The molecule has 0 bridgehead atoms. The largest absolute Gasteiger partial charge is 0.469 e. The molecule has 4 N–H and O–H groups in total. The number of nitrogens with zero attached hydrogens (tertiary/aromatic N) is 2. The molecule has 1 aromatic heterocycles. The zero-order chi connectivity index (χ0) is 39.2. The Hall–Kier alpha value is -5.31. The Morgan fingerprint density at radius 2 is 1.57 bits per heavy atom. The van der Waals surface area contributed by atoms with Crippen LogP contribution in [-0.4, -0.2) is 107 Å². The standard InChI is InChI=1S/C38H51N5O10/c1-22(2)15-29(34(46)38(50)53-23(3)4)41-36(48)30(18-27-20-39-21-40-27)42-35(47)26(16-25-13-10-12-24-11-8-9-14-28(24)25)17-32(44)43(5)31(37(49)52-7)19-33(45)51-6/h8-14,20-23,26,29-31,34,46H,15-19H2,1-7H3,(H,39,40)(H,41,48)(H,42,47)/t26?,29-,30-,31-,34?/m0/s1. The van der Waals surface area contributed by atoms with Crippen LogP contribution in [0.5, 0.6) is 0 Å². The van der Waals surface area contributed by atoms with Crippen LogP contribution in [0.15, 0.2) is 55.0 Å². The van der Waals surface area contributed by atoms with Gasteiger partial charge in [-0.3, -0.25) is 19.2 Å². The highest BCUT2D eigenvalue weighted by Gasteiger charge is 2.36. The molecular weight excluding hydrogens is 686 g/mol. The van der Waals surface area contributed by atoms with Crippen molar-refractivity contribution in [3.63, 3.8) is 0 Å². The minimum absolute atomic E-state index is 0.0384. The molecule has 15 nitrogen and oxygen atoms in total. The number of fused-ring (bicyclic) bond motifs is 1. The number of likely N-dealkylation sites (N-methyl/N-ethyl adjacent to an activating group) is 1. The number of aromatic amines is 1. The predicted molar refractivity (Wildman–Crippen MR) is 194 cm³/mol. The van der Waals surface area contributed by atoms with Crippen LogP contribution >= 0.6 is 0 Å². The van der Waals surface area contributed by atoms with Gasteiger partial charge in [0.25, 0.3) is 0 Å². The van der Waals surface area contributed by atoms with Crippen LogP contribution in [-0.2, 0) is 55.8 Å². The van der Waals surface area contributed by atoms with E-state index in [2.05, 4.69) is 20.6 Å². The SMILES string of the molecule is COC(=O)C[C@@H](C(=O)OC)N(C)C(=O)CC(Cc1cccc2ccccc12)C(=O)N[C@@H](Cc1cnc[nH]1)C(=O)N[C@@H](CC(C)C)C(O)C(=O)OC(C)C. The summed E-state index contributed by atoms with van der Waals surface area (Å²) in [6.45, 7) is 7.02. The predicted octanol–water partition coefficient (Wildman–Crippen LogP) is 2.25. The van der Waals surface area contributed by atoms with E-state index in [4.69, 9.17) is 14.2 Å². The molecule has 3 rings (SSSR count). The Morgan fingerprint density at radius 1 is 0.868 bits per heavy atom. The zero-order valence-corrected chi connectivity index (χ0v) is 31.3. The molecule has 3 aromatic rings. The Labute approximate surface area is 309 Å². The van der Waals surface area contributed by atoms with Crippen molar-refractivity contribution in [2.75, 3.05) is 21.3 Å². The monoisotopic (exact) mass is 737 g/mol. The second-order valence-electron chi connectivity index (χ2n) is 13.6. The lowest BCUT2D eigenvalue weighted by atomic mass is 9.91. The van der Waals surface area contributed by atoms with Crippen molar-refractivity contribution in [2.24, 2.45) is 11.8 Å². The maximum absolute atomic E-state index is 14.3. The van der Waals surface area contributed by atoms with Gasteiger partial charge in [0.1, 0.15) is 12.1 Å². The summed E-state index contributed by atoms with van der Waals surface area (Å²) < 4.78 is 14.7. The van der Waals surface area contributed by atoms with Crippen LogP contribution in [0.4, 0.5) is 0 Å². The number of carbonyl (C=O) groups is 6. The van der Waals surface area contributed by atoms with Crippen LogP contribution < -0.4 is 10.6 Å². The van der Waals surface area contributed by atoms with E-state index in [0.717, 1.165) is 35.5 Å². The first-order valence-corrected chi connectivity index (χ1v) is 17.5. The first-order chi connectivity index (χ1) is 25.1. The molecule has 2 unspecified atom stereocenters. The molecule has 0 aliphatic rings. The topological polar surface area (TPSA) is 206 Å². The van der Waals surface area contributed by atoms with E-state index in [9.17, 15) is 33.9 Å². The van der Waals surface area contributed by atoms with E-state index in [1.54, 1.807) is 13.8 Å². The molecule has 3 amide bonds. The van der Waals surface area contributed by atoms with Gasteiger partial charge < -0.3 is 39.8 Å². The van der Waals surface area contributed by atoms with Gasteiger partial charge >= 0.3 is 17.9 Å². The number of hydrogen-bond donors (Lipinski definition) is 4. The summed E-state index contributed by atoms with van der Waals surface area (Å²) in [7, 11) is 3.62. The third-order valence-corrected chi connectivity index (χ3v) is 8.70. The number of benzene rings is 2. The molecule has 0 saturated heterocycles. The van der Waals surface area contributed by atoms with Crippen LogP contribution in [0, 0.1) is 11.8 Å². The molecule has 53 heavy (non-hydrogen) atoms. The first kappa shape index (κ1) is 42.1. The summed E-state index contributed by atoms with van der Waals surface area (Å²) in [6.07, 6.45) is 0.118. The number of ether oxygens (including phenoxy) is 3. The van der Waals surface area contributed by atoms with E-state index in [1.807, 2.05) is 56.3 Å². The lowest BCUT2D eigenvalue weighted by molar-refractivity contribution is -0.159. The van der Waals surface area contributed by atoms with Crippen molar-refractivity contribution in [3.8, 4) is 0 Å². The number of nitrogens with one attached hydrogen (secondary N) is 3.